The quantitative estimate of drug-likeness (QED) is 0.719. The predicted octanol–water partition coefficient (Wildman–Crippen LogP) is 1.90. The van der Waals surface area contributed by atoms with Gasteiger partial charge in [-0.2, -0.15) is 0 Å². The van der Waals surface area contributed by atoms with Gasteiger partial charge in [0.25, 0.3) is 0 Å². The van der Waals surface area contributed by atoms with Gasteiger partial charge >= 0.3 is 0 Å². The van der Waals surface area contributed by atoms with Crippen LogP contribution in [0.15, 0.2) is 30.3 Å². The molecule has 0 spiro atoms. The topological polar surface area (TPSA) is 58.4 Å². The minimum atomic E-state index is 0.193. The molecule has 1 unspecified atom stereocenters. The highest BCUT2D eigenvalue weighted by Gasteiger charge is 2.23. The zero-order valence-electron chi connectivity index (χ0n) is 12.8. The van der Waals surface area contributed by atoms with E-state index in [0.29, 0.717) is 12.5 Å². The molecule has 1 saturated heterocycles. The Labute approximate surface area is 127 Å². The first-order valence-corrected chi connectivity index (χ1v) is 8.03. The van der Waals surface area contributed by atoms with Crippen molar-refractivity contribution >= 4 is 5.91 Å². The Kier molecular flexibility index (Phi) is 6.70. The molecule has 4 nitrogen and oxygen atoms in total. The molecule has 2 rings (SSSR count). The fraction of sp³-hybridized carbons (Fsp3) is 0.588. The average Bonchev–Trinajstić information content (AvgIpc) is 2.92. The number of rotatable bonds is 8. The van der Waals surface area contributed by atoms with Crippen LogP contribution in [0, 0.1) is 0 Å². The van der Waals surface area contributed by atoms with Crippen LogP contribution in [0.4, 0.5) is 0 Å². The van der Waals surface area contributed by atoms with E-state index in [1.165, 1.54) is 5.56 Å². The van der Waals surface area contributed by atoms with Gasteiger partial charge in [-0.25, -0.2) is 0 Å². The third-order valence-corrected chi connectivity index (χ3v) is 3.99. The van der Waals surface area contributed by atoms with Crippen LogP contribution < -0.4 is 11.1 Å². The summed E-state index contributed by atoms with van der Waals surface area (Å²) in [6.45, 7) is 3.72. The van der Waals surface area contributed by atoms with E-state index in [1.54, 1.807) is 0 Å². The first-order chi connectivity index (χ1) is 10.3. The summed E-state index contributed by atoms with van der Waals surface area (Å²) in [5, 5.41) is 3.16. The van der Waals surface area contributed by atoms with Crippen LogP contribution in [0.3, 0.4) is 0 Å². The number of carbonyl (C=O) groups excluding carboxylic acids is 1. The molecule has 4 heteroatoms. The molecule has 1 fully saturated rings. The Bertz CT molecular complexity index is 421. The summed E-state index contributed by atoms with van der Waals surface area (Å²) in [5.41, 5.74) is 6.79. The highest BCUT2D eigenvalue weighted by Crippen LogP contribution is 2.13. The van der Waals surface area contributed by atoms with Crippen LogP contribution >= 0.6 is 0 Å². The zero-order chi connectivity index (χ0) is 14.9. The van der Waals surface area contributed by atoms with E-state index in [0.717, 1.165) is 51.9 Å². The molecule has 1 aliphatic heterocycles. The molecular formula is C17H27N3O. The minimum Gasteiger partial charge on any atom is -0.352 e. The Balaban J connectivity index is 1.64. The Hall–Kier alpha value is -1.39. The van der Waals surface area contributed by atoms with E-state index in [9.17, 15) is 4.79 Å². The van der Waals surface area contributed by atoms with Crippen molar-refractivity contribution in [3.8, 4) is 0 Å². The molecular weight excluding hydrogens is 262 g/mol. The van der Waals surface area contributed by atoms with E-state index in [1.807, 2.05) is 6.07 Å². The highest BCUT2D eigenvalue weighted by molar-refractivity contribution is 5.76. The number of nitrogens with two attached hydrogens (primary N) is 1. The van der Waals surface area contributed by atoms with E-state index in [2.05, 4.69) is 34.5 Å². The predicted molar refractivity (Wildman–Crippen MR) is 85.8 cm³/mol. The largest absolute Gasteiger partial charge is 0.352 e. The number of amides is 1. The zero-order valence-corrected chi connectivity index (χ0v) is 12.8. The first-order valence-electron chi connectivity index (χ1n) is 8.03. The second kappa shape index (κ2) is 8.80. The maximum Gasteiger partial charge on any atom is 0.220 e. The van der Waals surface area contributed by atoms with Gasteiger partial charge in [-0.15, -0.1) is 0 Å². The molecule has 116 valence electrons. The standard InChI is InChI=1S/C17H27N3O/c18-11-6-2-5-9-17(21)19-16-10-12-20(14-16)13-15-7-3-1-4-8-15/h1,3-4,7-8,16H,2,5-6,9-14,18H2,(H,19,21). The Morgan fingerprint density at radius 2 is 2.05 bits per heavy atom. The van der Waals surface area contributed by atoms with Crippen molar-refractivity contribution in [3.63, 3.8) is 0 Å². The number of benzene rings is 1. The van der Waals surface area contributed by atoms with Gasteiger partial charge < -0.3 is 11.1 Å². The molecule has 0 aliphatic carbocycles. The van der Waals surface area contributed by atoms with Crippen molar-refractivity contribution in [1.29, 1.82) is 0 Å². The lowest BCUT2D eigenvalue weighted by Crippen LogP contribution is -2.36. The molecule has 1 aliphatic rings. The van der Waals surface area contributed by atoms with Crippen LogP contribution in [-0.2, 0) is 11.3 Å². The number of hydrogen-bond acceptors (Lipinski definition) is 3. The molecule has 0 bridgehead atoms. The van der Waals surface area contributed by atoms with Crippen molar-refractivity contribution in [2.75, 3.05) is 19.6 Å². The van der Waals surface area contributed by atoms with Gasteiger partial charge in [-0.3, -0.25) is 9.69 Å². The summed E-state index contributed by atoms with van der Waals surface area (Å²) in [7, 11) is 0. The molecule has 1 amide bonds. The number of carbonyl (C=O) groups is 1. The molecule has 21 heavy (non-hydrogen) atoms. The van der Waals surface area contributed by atoms with Crippen molar-refractivity contribution in [3.05, 3.63) is 35.9 Å². The molecule has 0 saturated carbocycles. The molecule has 1 heterocycles. The normalized spacial score (nSPS) is 18.8. The van der Waals surface area contributed by atoms with E-state index >= 15 is 0 Å². The lowest BCUT2D eigenvalue weighted by molar-refractivity contribution is -0.121. The molecule has 3 N–H and O–H groups in total. The third-order valence-electron chi connectivity index (χ3n) is 3.99. The first kappa shape index (κ1) is 16.0. The van der Waals surface area contributed by atoms with Crippen molar-refractivity contribution < 1.29 is 4.79 Å². The van der Waals surface area contributed by atoms with Gasteiger partial charge in [-0.1, -0.05) is 36.8 Å². The monoisotopic (exact) mass is 289 g/mol. The van der Waals surface area contributed by atoms with Gasteiger partial charge in [0.05, 0.1) is 0 Å². The minimum absolute atomic E-state index is 0.193. The lowest BCUT2D eigenvalue weighted by Gasteiger charge is -2.16. The average molecular weight is 289 g/mol. The molecule has 1 atom stereocenters. The van der Waals surface area contributed by atoms with Crippen LogP contribution in [0.2, 0.25) is 0 Å². The van der Waals surface area contributed by atoms with Crippen LogP contribution in [0.25, 0.3) is 0 Å². The summed E-state index contributed by atoms with van der Waals surface area (Å²) in [6.07, 6.45) is 4.70. The van der Waals surface area contributed by atoms with Gasteiger partial charge in [0.2, 0.25) is 5.91 Å². The maximum absolute atomic E-state index is 11.9. The highest BCUT2D eigenvalue weighted by atomic mass is 16.1. The van der Waals surface area contributed by atoms with Crippen LogP contribution in [0.1, 0.15) is 37.7 Å². The fourth-order valence-electron chi connectivity index (χ4n) is 2.84. The Morgan fingerprint density at radius 3 is 2.81 bits per heavy atom. The SMILES string of the molecule is NCCCCCC(=O)NC1CCN(Cc2ccccc2)C1. The second-order valence-corrected chi connectivity index (χ2v) is 5.87. The van der Waals surface area contributed by atoms with Crippen LogP contribution in [-0.4, -0.2) is 36.5 Å². The number of likely N-dealkylation sites (tertiary alicyclic amines) is 1. The van der Waals surface area contributed by atoms with Crippen molar-refractivity contribution in [1.82, 2.24) is 10.2 Å². The van der Waals surface area contributed by atoms with Crippen molar-refractivity contribution in [2.45, 2.75) is 44.7 Å². The molecule has 1 aromatic rings. The molecule has 0 aromatic heterocycles. The van der Waals surface area contributed by atoms with Gasteiger partial charge in [0.1, 0.15) is 0 Å². The lowest BCUT2D eigenvalue weighted by atomic mass is 10.1. The van der Waals surface area contributed by atoms with E-state index in [4.69, 9.17) is 5.73 Å². The molecule has 0 radical (unpaired) electrons. The van der Waals surface area contributed by atoms with Gasteiger partial charge in [0.15, 0.2) is 0 Å². The Morgan fingerprint density at radius 1 is 1.24 bits per heavy atom. The fourth-order valence-corrected chi connectivity index (χ4v) is 2.84. The van der Waals surface area contributed by atoms with E-state index in [-0.39, 0.29) is 5.91 Å². The van der Waals surface area contributed by atoms with Crippen molar-refractivity contribution in [2.24, 2.45) is 5.73 Å². The van der Waals surface area contributed by atoms with Gasteiger partial charge in [0, 0.05) is 32.1 Å². The summed E-state index contributed by atoms with van der Waals surface area (Å²) in [6, 6.07) is 10.8. The maximum atomic E-state index is 11.9. The smallest absolute Gasteiger partial charge is 0.220 e. The van der Waals surface area contributed by atoms with Crippen LogP contribution in [0.5, 0.6) is 0 Å². The summed E-state index contributed by atoms with van der Waals surface area (Å²) in [5.74, 6) is 0.193. The molecule has 1 aromatic carbocycles. The number of nitrogens with one attached hydrogen (secondary N) is 1. The second-order valence-electron chi connectivity index (χ2n) is 5.87. The van der Waals surface area contributed by atoms with Gasteiger partial charge in [-0.05, 0) is 31.4 Å². The number of unbranched alkanes of at least 4 members (excludes halogenated alkanes) is 2. The summed E-state index contributed by atoms with van der Waals surface area (Å²) in [4.78, 5) is 14.3. The van der Waals surface area contributed by atoms with E-state index < -0.39 is 0 Å². The summed E-state index contributed by atoms with van der Waals surface area (Å²) >= 11 is 0. The number of hydrogen-bond donors (Lipinski definition) is 2. The third kappa shape index (κ3) is 5.86. The number of nitrogens with zero attached hydrogens (tertiary/aromatic N) is 1. The summed E-state index contributed by atoms with van der Waals surface area (Å²) < 4.78 is 0.